The van der Waals surface area contributed by atoms with Crippen LogP contribution in [0.4, 0.5) is 0 Å². The van der Waals surface area contributed by atoms with Crippen molar-refractivity contribution < 1.29 is 9.21 Å². The van der Waals surface area contributed by atoms with Gasteiger partial charge in [-0.3, -0.25) is 9.69 Å². The first-order chi connectivity index (χ1) is 11.0. The largest absolute Gasteiger partial charge is 0.461 e. The summed E-state index contributed by atoms with van der Waals surface area (Å²) in [7, 11) is 0. The van der Waals surface area contributed by atoms with Crippen molar-refractivity contribution in [3.63, 3.8) is 0 Å². The average molecular weight is 334 g/mol. The minimum atomic E-state index is -0.143. The number of halogens is 1. The first-order valence-corrected chi connectivity index (χ1v) is 8.43. The molecule has 1 amide bonds. The molecule has 2 bridgehead atoms. The number of rotatable bonds is 2. The van der Waals surface area contributed by atoms with Crippen LogP contribution in [-0.2, 0) is 0 Å². The summed E-state index contributed by atoms with van der Waals surface area (Å²) < 4.78 is 5.27. The zero-order chi connectivity index (χ0) is 16.2. The Bertz CT molecular complexity index is 762. The maximum Gasteiger partial charge on any atom is 0.270 e. The van der Waals surface area contributed by atoms with Crippen LogP contribution < -0.4 is 5.32 Å². The van der Waals surface area contributed by atoms with Gasteiger partial charge in [-0.15, -0.1) is 0 Å². The van der Waals surface area contributed by atoms with Crippen LogP contribution in [-0.4, -0.2) is 40.5 Å². The molecule has 2 aromatic rings. The Morgan fingerprint density at radius 2 is 2.17 bits per heavy atom. The summed E-state index contributed by atoms with van der Waals surface area (Å²) in [5, 5.41) is 4.44. The highest BCUT2D eigenvalue weighted by Crippen LogP contribution is 2.39. The van der Waals surface area contributed by atoms with E-state index in [1.807, 2.05) is 0 Å². The summed E-state index contributed by atoms with van der Waals surface area (Å²) in [6, 6.07) is 1.85. The molecule has 1 atom stereocenters. The van der Waals surface area contributed by atoms with Crippen LogP contribution in [0, 0.1) is 5.92 Å². The molecule has 122 valence electrons. The molecule has 2 aromatic heterocycles. The van der Waals surface area contributed by atoms with Gasteiger partial charge in [0.2, 0.25) is 0 Å². The fraction of sp³-hybridized carbons (Fsp3) is 0.529. The molecule has 23 heavy (non-hydrogen) atoms. The molecule has 3 aliphatic heterocycles. The van der Waals surface area contributed by atoms with Crippen LogP contribution in [0.25, 0.3) is 11.0 Å². The smallest absolute Gasteiger partial charge is 0.270 e. The van der Waals surface area contributed by atoms with Crippen molar-refractivity contribution in [3.05, 3.63) is 29.2 Å². The molecule has 0 spiro atoms. The zero-order valence-electron chi connectivity index (χ0n) is 13.3. The minimum Gasteiger partial charge on any atom is -0.461 e. The summed E-state index contributed by atoms with van der Waals surface area (Å²) in [6.07, 6.45) is 5.31. The van der Waals surface area contributed by atoms with Crippen LogP contribution in [0.2, 0.25) is 5.02 Å². The molecule has 1 N–H and O–H groups in total. The predicted molar refractivity (Wildman–Crippen MR) is 88.6 cm³/mol. The molecule has 0 radical (unpaired) electrons. The van der Waals surface area contributed by atoms with Crippen LogP contribution in [0.15, 0.2) is 22.9 Å². The standard InChI is InChI=1S/C17H20ClN3O2/c1-17(2)15(10-3-5-21(17)6-4-10)20-16(22)13-7-11-12(18)9-23-14(11)8-19-13/h7-10,15H,3-6H2,1-2H3,(H,20,22)/t15-/m1/s1. The normalized spacial score (nSPS) is 28.9. The number of nitrogens with zero attached hydrogens (tertiary/aromatic N) is 2. The lowest BCUT2D eigenvalue weighted by Crippen LogP contribution is -2.69. The minimum absolute atomic E-state index is 0.0196. The van der Waals surface area contributed by atoms with Gasteiger partial charge in [-0.25, -0.2) is 4.98 Å². The number of carbonyl (C=O) groups excluding carboxylic acids is 1. The number of hydrogen-bond acceptors (Lipinski definition) is 4. The Labute approximate surface area is 140 Å². The molecule has 3 fully saturated rings. The Hall–Kier alpha value is -1.59. The molecule has 0 aliphatic carbocycles. The van der Waals surface area contributed by atoms with Gasteiger partial charge < -0.3 is 9.73 Å². The van der Waals surface area contributed by atoms with E-state index in [0.717, 1.165) is 31.3 Å². The first-order valence-electron chi connectivity index (χ1n) is 8.05. The highest BCUT2D eigenvalue weighted by molar-refractivity contribution is 6.35. The van der Waals surface area contributed by atoms with E-state index in [2.05, 4.69) is 29.0 Å². The van der Waals surface area contributed by atoms with Gasteiger partial charge in [0.15, 0.2) is 5.58 Å². The van der Waals surface area contributed by atoms with Crippen molar-refractivity contribution in [2.24, 2.45) is 5.92 Å². The van der Waals surface area contributed by atoms with Gasteiger partial charge in [0.05, 0.1) is 11.2 Å². The van der Waals surface area contributed by atoms with E-state index in [0.29, 0.717) is 22.2 Å². The number of piperidine rings is 3. The van der Waals surface area contributed by atoms with Crippen LogP contribution in [0.1, 0.15) is 37.2 Å². The van der Waals surface area contributed by atoms with E-state index in [1.54, 1.807) is 12.3 Å². The van der Waals surface area contributed by atoms with E-state index >= 15 is 0 Å². The average Bonchev–Trinajstić information content (AvgIpc) is 2.92. The Balaban J connectivity index is 1.60. The van der Waals surface area contributed by atoms with Crippen molar-refractivity contribution >= 4 is 28.5 Å². The van der Waals surface area contributed by atoms with Crippen molar-refractivity contribution in [3.8, 4) is 0 Å². The second-order valence-electron chi connectivity index (χ2n) is 7.08. The maximum absolute atomic E-state index is 12.7. The maximum atomic E-state index is 12.7. The molecular weight excluding hydrogens is 314 g/mol. The number of hydrogen-bond donors (Lipinski definition) is 1. The van der Waals surface area contributed by atoms with Crippen LogP contribution in [0.3, 0.4) is 0 Å². The highest BCUT2D eigenvalue weighted by atomic mass is 35.5. The van der Waals surface area contributed by atoms with Crippen molar-refractivity contribution in [2.45, 2.75) is 38.3 Å². The molecule has 3 saturated heterocycles. The molecule has 0 saturated carbocycles. The van der Waals surface area contributed by atoms with Crippen molar-refractivity contribution in [2.75, 3.05) is 13.1 Å². The van der Waals surface area contributed by atoms with Gasteiger partial charge in [-0.1, -0.05) is 11.6 Å². The number of fused-ring (bicyclic) bond motifs is 4. The third kappa shape index (κ3) is 2.34. The number of nitrogens with one attached hydrogen (secondary N) is 1. The summed E-state index contributed by atoms with van der Waals surface area (Å²) in [5.41, 5.74) is 0.955. The number of amides is 1. The van der Waals surface area contributed by atoms with Gasteiger partial charge in [0.25, 0.3) is 5.91 Å². The molecular formula is C17H20ClN3O2. The Kier molecular flexibility index (Phi) is 3.39. The van der Waals surface area contributed by atoms with Gasteiger partial charge in [-0.2, -0.15) is 0 Å². The van der Waals surface area contributed by atoms with E-state index in [4.69, 9.17) is 16.0 Å². The fourth-order valence-electron chi connectivity index (χ4n) is 4.12. The molecule has 5 rings (SSSR count). The number of furan rings is 1. The third-order valence-electron chi connectivity index (χ3n) is 5.52. The highest BCUT2D eigenvalue weighted by Gasteiger charge is 2.48. The first kappa shape index (κ1) is 15.0. The zero-order valence-corrected chi connectivity index (χ0v) is 14.1. The number of pyridine rings is 1. The number of aromatic nitrogens is 1. The SMILES string of the molecule is CC1(C)[C@H](NC(=O)c2cc3c(Cl)coc3cn2)C2CCN1CC2. The van der Waals surface area contributed by atoms with E-state index in [1.165, 1.54) is 6.26 Å². The van der Waals surface area contributed by atoms with E-state index < -0.39 is 0 Å². The Morgan fingerprint density at radius 3 is 2.87 bits per heavy atom. The van der Waals surface area contributed by atoms with Crippen molar-refractivity contribution in [1.82, 2.24) is 15.2 Å². The molecule has 5 nitrogen and oxygen atoms in total. The van der Waals surface area contributed by atoms with Gasteiger partial charge >= 0.3 is 0 Å². The van der Waals surface area contributed by atoms with Gasteiger partial charge in [0, 0.05) is 17.0 Å². The molecule has 5 heterocycles. The van der Waals surface area contributed by atoms with Gasteiger partial charge in [0.1, 0.15) is 12.0 Å². The number of carbonyl (C=O) groups is 1. The lowest BCUT2D eigenvalue weighted by molar-refractivity contribution is -0.0378. The topological polar surface area (TPSA) is 58.4 Å². The van der Waals surface area contributed by atoms with Crippen molar-refractivity contribution in [1.29, 1.82) is 0 Å². The van der Waals surface area contributed by atoms with E-state index in [-0.39, 0.29) is 17.5 Å². The monoisotopic (exact) mass is 333 g/mol. The molecule has 6 heteroatoms. The molecule has 0 aromatic carbocycles. The molecule has 3 aliphatic rings. The van der Waals surface area contributed by atoms with E-state index in [9.17, 15) is 4.79 Å². The van der Waals surface area contributed by atoms with Crippen LogP contribution >= 0.6 is 11.6 Å². The summed E-state index contributed by atoms with van der Waals surface area (Å²) in [4.78, 5) is 19.4. The summed E-state index contributed by atoms with van der Waals surface area (Å²) in [6.45, 7) is 6.68. The second-order valence-corrected chi connectivity index (χ2v) is 7.49. The molecule has 0 unspecified atom stereocenters. The Morgan fingerprint density at radius 1 is 1.43 bits per heavy atom. The summed E-state index contributed by atoms with van der Waals surface area (Å²) in [5.74, 6) is 0.399. The lowest BCUT2D eigenvalue weighted by atomic mass is 9.72. The summed E-state index contributed by atoms with van der Waals surface area (Å²) >= 11 is 6.08. The quantitative estimate of drug-likeness (QED) is 0.917. The fourth-order valence-corrected chi connectivity index (χ4v) is 4.31. The second kappa shape index (κ2) is 5.21. The lowest BCUT2D eigenvalue weighted by Gasteiger charge is -2.56. The predicted octanol–water partition coefficient (Wildman–Crippen LogP) is 3.08. The van der Waals surface area contributed by atoms with Gasteiger partial charge in [-0.05, 0) is 51.8 Å². The van der Waals surface area contributed by atoms with Crippen LogP contribution in [0.5, 0.6) is 0 Å². The third-order valence-corrected chi connectivity index (χ3v) is 5.81.